The molecule has 0 saturated carbocycles. The van der Waals surface area contributed by atoms with Crippen LogP contribution in [0, 0.1) is 0 Å². The van der Waals surface area contributed by atoms with Gasteiger partial charge in [0, 0.05) is 17.1 Å². The van der Waals surface area contributed by atoms with Crippen molar-refractivity contribution in [3.05, 3.63) is 82.2 Å². The zero-order valence-corrected chi connectivity index (χ0v) is 16.2. The third-order valence-corrected chi connectivity index (χ3v) is 5.33. The van der Waals surface area contributed by atoms with Crippen LogP contribution in [-0.4, -0.2) is 21.7 Å². The average molecular weight is 402 g/mol. The van der Waals surface area contributed by atoms with Gasteiger partial charge in [0.05, 0.1) is 4.91 Å². The van der Waals surface area contributed by atoms with Crippen molar-refractivity contribution in [2.24, 2.45) is 0 Å². The summed E-state index contributed by atoms with van der Waals surface area (Å²) in [6, 6.07) is 15.1. The predicted molar refractivity (Wildman–Crippen MR) is 112 cm³/mol. The lowest BCUT2D eigenvalue weighted by Crippen LogP contribution is -2.27. The van der Waals surface area contributed by atoms with Gasteiger partial charge in [0.15, 0.2) is 0 Å². The number of nitrogens with zero attached hydrogens (tertiary/aromatic N) is 1. The van der Waals surface area contributed by atoms with Crippen molar-refractivity contribution in [2.75, 3.05) is 6.54 Å². The number of rotatable bonds is 6. The lowest BCUT2D eigenvalue weighted by molar-refractivity contribution is -0.121. The van der Waals surface area contributed by atoms with E-state index in [9.17, 15) is 4.79 Å². The van der Waals surface area contributed by atoms with Crippen molar-refractivity contribution in [1.29, 1.82) is 0 Å². The number of thiocarbonyl (C=S) groups is 1. The fourth-order valence-electron chi connectivity index (χ4n) is 2.40. The number of para-hydroxylation sites is 1. The van der Waals surface area contributed by atoms with Crippen molar-refractivity contribution >= 4 is 51.9 Å². The van der Waals surface area contributed by atoms with Crippen molar-refractivity contribution in [2.45, 2.75) is 6.61 Å². The first-order valence-corrected chi connectivity index (χ1v) is 9.51. The lowest BCUT2D eigenvalue weighted by Gasteiger charge is -2.11. The van der Waals surface area contributed by atoms with E-state index in [2.05, 4.69) is 6.58 Å². The topological polar surface area (TPSA) is 29.5 Å². The Bertz CT molecular complexity index is 878. The largest absolute Gasteiger partial charge is 0.488 e. The number of hydrogen-bond acceptors (Lipinski definition) is 4. The SMILES string of the molecule is C=CCN1C(=O)/C(=C/c2ccccc2OCc2ccc(Cl)cc2)SC1=S. The van der Waals surface area contributed by atoms with E-state index in [1.807, 2.05) is 54.6 Å². The number of benzene rings is 2. The van der Waals surface area contributed by atoms with Crippen molar-refractivity contribution in [3.63, 3.8) is 0 Å². The molecule has 26 heavy (non-hydrogen) atoms. The number of amides is 1. The lowest BCUT2D eigenvalue weighted by atomic mass is 10.1. The summed E-state index contributed by atoms with van der Waals surface area (Å²) in [5.74, 6) is 0.601. The molecule has 3 rings (SSSR count). The van der Waals surface area contributed by atoms with E-state index in [4.69, 9.17) is 28.6 Å². The summed E-state index contributed by atoms with van der Waals surface area (Å²) >= 11 is 12.5. The second-order valence-corrected chi connectivity index (χ2v) is 7.65. The summed E-state index contributed by atoms with van der Waals surface area (Å²) in [5, 5.41) is 0.690. The van der Waals surface area contributed by atoms with Crippen molar-refractivity contribution in [3.8, 4) is 5.75 Å². The van der Waals surface area contributed by atoms with Gasteiger partial charge >= 0.3 is 0 Å². The second kappa shape index (κ2) is 8.54. The van der Waals surface area contributed by atoms with Crippen molar-refractivity contribution in [1.82, 2.24) is 4.90 Å². The van der Waals surface area contributed by atoms with E-state index in [1.165, 1.54) is 16.7 Å². The Morgan fingerprint density at radius 1 is 1.19 bits per heavy atom. The highest BCUT2D eigenvalue weighted by molar-refractivity contribution is 8.26. The first-order valence-electron chi connectivity index (χ1n) is 7.91. The van der Waals surface area contributed by atoms with E-state index in [0.717, 1.165) is 11.1 Å². The molecule has 1 aliphatic heterocycles. The molecule has 0 aromatic heterocycles. The van der Waals surface area contributed by atoms with Crippen LogP contribution >= 0.6 is 35.6 Å². The van der Waals surface area contributed by atoms with E-state index in [-0.39, 0.29) is 5.91 Å². The minimum absolute atomic E-state index is 0.104. The fraction of sp³-hybridized carbons (Fsp3) is 0.100. The molecule has 2 aromatic rings. The number of ether oxygens (including phenoxy) is 1. The number of thioether (sulfide) groups is 1. The predicted octanol–water partition coefficient (Wildman–Crippen LogP) is 5.31. The molecule has 0 bridgehead atoms. The molecular formula is C20H16ClNO2S2. The summed E-state index contributed by atoms with van der Waals surface area (Å²) in [6.45, 7) is 4.49. The van der Waals surface area contributed by atoms with Crippen LogP contribution in [0.25, 0.3) is 6.08 Å². The molecule has 0 spiro atoms. The minimum atomic E-state index is -0.104. The second-order valence-electron chi connectivity index (χ2n) is 5.53. The van der Waals surface area contributed by atoms with Gasteiger partial charge in [-0.15, -0.1) is 6.58 Å². The van der Waals surface area contributed by atoms with E-state index in [0.29, 0.717) is 33.1 Å². The van der Waals surface area contributed by atoms with Gasteiger partial charge in [0.25, 0.3) is 5.91 Å². The zero-order valence-electron chi connectivity index (χ0n) is 13.9. The van der Waals surface area contributed by atoms with Crippen LogP contribution < -0.4 is 4.74 Å². The highest BCUT2D eigenvalue weighted by Gasteiger charge is 2.31. The number of carbonyl (C=O) groups is 1. The Labute approximate surface area is 167 Å². The van der Waals surface area contributed by atoms with Crippen LogP contribution in [-0.2, 0) is 11.4 Å². The molecule has 1 heterocycles. The molecule has 0 N–H and O–H groups in total. The standard InChI is InChI=1S/C20H16ClNO2S2/c1-2-11-22-19(23)18(26-20(22)25)12-15-5-3-4-6-17(15)24-13-14-7-9-16(21)10-8-14/h2-10,12H,1,11,13H2/b18-12-. The van der Waals surface area contributed by atoms with Gasteiger partial charge in [-0.3, -0.25) is 9.69 Å². The normalized spacial score (nSPS) is 15.6. The Kier molecular flexibility index (Phi) is 6.14. The maximum Gasteiger partial charge on any atom is 0.266 e. The summed E-state index contributed by atoms with van der Waals surface area (Å²) in [5.41, 5.74) is 1.85. The molecule has 0 radical (unpaired) electrons. The molecule has 0 atom stereocenters. The van der Waals surface area contributed by atoms with Gasteiger partial charge in [0.2, 0.25) is 0 Å². The van der Waals surface area contributed by atoms with Crippen molar-refractivity contribution < 1.29 is 9.53 Å². The zero-order chi connectivity index (χ0) is 18.5. The molecule has 0 aliphatic carbocycles. The summed E-state index contributed by atoms with van der Waals surface area (Å²) in [4.78, 5) is 14.6. The summed E-state index contributed by atoms with van der Waals surface area (Å²) in [6.07, 6.45) is 3.48. The van der Waals surface area contributed by atoms with Gasteiger partial charge in [-0.2, -0.15) is 0 Å². The molecule has 1 amide bonds. The third kappa shape index (κ3) is 4.36. The maximum absolute atomic E-state index is 12.5. The van der Waals surface area contributed by atoms with E-state index < -0.39 is 0 Å². The maximum atomic E-state index is 12.5. The van der Waals surface area contributed by atoms with Crippen LogP contribution in [0.15, 0.2) is 66.1 Å². The van der Waals surface area contributed by atoms with Gasteiger partial charge < -0.3 is 4.74 Å². The molecule has 1 aliphatic rings. The Balaban J connectivity index is 1.79. The van der Waals surface area contributed by atoms with Crippen LogP contribution in [0.1, 0.15) is 11.1 Å². The quantitative estimate of drug-likeness (QED) is 0.373. The highest BCUT2D eigenvalue weighted by Crippen LogP contribution is 2.34. The summed E-state index contributed by atoms with van der Waals surface area (Å²) in [7, 11) is 0. The third-order valence-electron chi connectivity index (χ3n) is 3.70. The van der Waals surface area contributed by atoms with Gasteiger partial charge in [0.1, 0.15) is 16.7 Å². The van der Waals surface area contributed by atoms with Gasteiger partial charge in [-0.05, 0) is 29.8 Å². The molecule has 0 unspecified atom stereocenters. The minimum Gasteiger partial charge on any atom is -0.488 e. The fourth-order valence-corrected chi connectivity index (χ4v) is 3.79. The Morgan fingerprint density at radius 2 is 1.92 bits per heavy atom. The number of halogens is 1. The molecule has 6 heteroatoms. The molecular weight excluding hydrogens is 386 g/mol. The highest BCUT2D eigenvalue weighted by atomic mass is 35.5. The van der Waals surface area contributed by atoms with E-state index in [1.54, 1.807) is 6.08 Å². The van der Waals surface area contributed by atoms with Crippen LogP contribution in [0.2, 0.25) is 5.02 Å². The smallest absolute Gasteiger partial charge is 0.266 e. The monoisotopic (exact) mass is 401 g/mol. The van der Waals surface area contributed by atoms with Crippen LogP contribution in [0.3, 0.4) is 0 Å². The Hall–Kier alpha value is -2.08. The van der Waals surface area contributed by atoms with E-state index >= 15 is 0 Å². The molecule has 1 fully saturated rings. The molecule has 1 saturated heterocycles. The summed E-state index contributed by atoms with van der Waals surface area (Å²) < 4.78 is 6.48. The van der Waals surface area contributed by atoms with Crippen LogP contribution in [0.4, 0.5) is 0 Å². The van der Waals surface area contributed by atoms with Gasteiger partial charge in [-0.25, -0.2) is 0 Å². The number of hydrogen-bond donors (Lipinski definition) is 0. The molecule has 132 valence electrons. The van der Waals surface area contributed by atoms with Crippen LogP contribution in [0.5, 0.6) is 5.75 Å². The molecule has 2 aromatic carbocycles. The molecule has 3 nitrogen and oxygen atoms in total. The number of carbonyl (C=O) groups excluding carboxylic acids is 1. The first-order chi connectivity index (χ1) is 12.6. The van der Waals surface area contributed by atoms with Gasteiger partial charge in [-0.1, -0.05) is 72.0 Å². The average Bonchev–Trinajstić information content (AvgIpc) is 2.90. The Morgan fingerprint density at radius 3 is 2.65 bits per heavy atom. The first kappa shape index (κ1) is 18.7.